The van der Waals surface area contributed by atoms with Crippen molar-refractivity contribution < 1.29 is 4.74 Å². The lowest BCUT2D eigenvalue weighted by Gasteiger charge is -2.12. The highest BCUT2D eigenvalue weighted by Gasteiger charge is 2.12. The number of aromatic nitrogens is 2. The molecule has 0 atom stereocenters. The molecule has 6 nitrogen and oxygen atoms in total. The lowest BCUT2D eigenvalue weighted by Crippen LogP contribution is -2.10. The first-order valence-electron chi connectivity index (χ1n) is 5.27. The number of hydrogen-bond acceptors (Lipinski definition) is 6. The highest BCUT2D eigenvalue weighted by atomic mass is 16.5. The van der Waals surface area contributed by atoms with Crippen LogP contribution in [0.2, 0.25) is 0 Å². The van der Waals surface area contributed by atoms with Crippen molar-refractivity contribution in [1.82, 2.24) is 9.97 Å². The average Bonchev–Trinajstić information content (AvgIpc) is 2.39. The van der Waals surface area contributed by atoms with Crippen LogP contribution in [0.15, 0.2) is 48.2 Å². The largest absolute Gasteiger partial charge is 0.494 e. The van der Waals surface area contributed by atoms with Gasteiger partial charge in [-0.2, -0.15) is 0 Å². The Kier molecular flexibility index (Phi) is 3.38. The van der Waals surface area contributed by atoms with E-state index in [-0.39, 0.29) is 0 Å². The second kappa shape index (κ2) is 5.13. The van der Waals surface area contributed by atoms with Gasteiger partial charge in [0.05, 0.1) is 7.11 Å². The summed E-state index contributed by atoms with van der Waals surface area (Å²) in [6.45, 7) is 0. The molecule has 1 heterocycles. The topological polar surface area (TPSA) is 96.9 Å². The highest BCUT2D eigenvalue weighted by Crippen LogP contribution is 2.16. The number of anilines is 2. The van der Waals surface area contributed by atoms with Crippen molar-refractivity contribution in [3.63, 3.8) is 0 Å². The van der Waals surface area contributed by atoms with E-state index >= 15 is 0 Å². The molecule has 2 rings (SSSR count). The van der Waals surface area contributed by atoms with Gasteiger partial charge in [0.25, 0.3) is 0 Å². The van der Waals surface area contributed by atoms with Crippen molar-refractivity contribution in [3.05, 3.63) is 48.2 Å². The van der Waals surface area contributed by atoms with Crippen LogP contribution in [0.4, 0.5) is 11.6 Å². The van der Waals surface area contributed by atoms with Crippen LogP contribution in [0.1, 0.15) is 0 Å². The number of nitrogen functional groups attached to an aromatic ring is 1. The standard InChI is InChI=1S/C12H13N5O/c1-18-9-4-2-3-8(10(9)13)7-17-12-11(14)15-5-6-16-12/h2-7,13H,1H3,(H2,14,15)(H,16,17)/b8-7-,13-10?. The van der Waals surface area contributed by atoms with Crippen molar-refractivity contribution >= 4 is 17.3 Å². The fourth-order valence-corrected chi connectivity index (χ4v) is 1.44. The molecule has 0 aliphatic heterocycles. The minimum atomic E-state index is 0.301. The monoisotopic (exact) mass is 243 g/mol. The summed E-state index contributed by atoms with van der Waals surface area (Å²) in [5.74, 6) is 1.28. The van der Waals surface area contributed by atoms with Crippen molar-refractivity contribution in [2.45, 2.75) is 0 Å². The van der Waals surface area contributed by atoms with Crippen molar-refractivity contribution in [2.24, 2.45) is 0 Å². The third kappa shape index (κ3) is 2.37. The first-order valence-corrected chi connectivity index (χ1v) is 5.27. The van der Waals surface area contributed by atoms with Gasteiger partial charge in [-0.25, -0.2) is 9.97 Å². The molecule has 0 spiro atoms. The summed E-state index contributed by atoms with van der Waals surface area (Å²) in [6, 6.07) is 0. The van der Waals surface area contributed by atoms with Crippen LogP contribution < -0.4 is 11.1 Å². The molecule has 0 saturated carbocycles. The molecule has 0 radical (unpaired) electrons. The summed E-state index contributed by atoms with van der Waals surface area (Å²) in [4.78, 5) is 7.95. The second-order valence-corrected chi connectivity index (χ2v) is 3.50. The van der Waals surface area contributed by atoms with Gasteiger partial charge in [-0.15, -0.1) is 0 Å². The van der Waals surface area contributed by atoms with E-state index in [9.17, 15) is 0 Å². The van der Waals surface area contributed by atoms with Crippen molar-refractivity contribution in [2.75, 3.05) is 18.2 Å². The van der Waals surface area contributed by atoms with E-state index in [0.717, 1.165) is 0 Å². The van der Waals surface area contributed by atoms with Crippen LogP contribution in [-0.4, -0.2) is 22.8 Å². The van der Waals surface area contributed by atoms with Gasteiger partial charge in [0.2, 0.25) is 0 Å². The fraction of sp³-hybridized carbons (Fsp3) is 0.0833. The molecule has 18 heavy (non-hydrogen) atoms. The van der Waals surface area contributed by atoms with Gasteiger partial charge in [-0.05, 0) is 6.08 Å². The maximum Gasteiger partial charge on any atom is 0.172 e. The molecule has 0 saturated heterocycles. The molecule has 0 aromatic carbocycles. The molecule has 1 aliphatic rings. The molecule has 6 heteroatoms. The number of allylic oxidation sites excluding steroid dienone is 4. The molecule has 0 unspecified atom stereocenters. The summed E-state index contributed by atoms with van der Waals surface area (Å²) in [7, 11) is 1.53. The molecule has 1 aromatic rings. The third-order valence-corrected chi connectivity index (χ3v) is 2.37. The lowest BCUT2D eigenvalue weighted by atomic mass is 10.1. The predicted molar refractivity (Wildman–Crippen MR) is 70.1 cm³/mol. The Morgan fingerprint density at radius 2 is 2.17 bits per heavy atom. The van der Waals surface area contributed by atoms with Crippen LogP contribution in [0, 0.1) is 5.41 Å². The van der Waals surface area contributed by atoms with E-state index in [1.807, 2.05) is 6.08 Å². The minimum absolute atomic E-state index is 0.301. The minimum Gasteiger partial charge on any atom is -0.494 e. The van der Waals surface area contributed by atoms with Gasteiger partial charge in [0.1, 0.15) is 11.5 Å². The summed E-state index contributed by atoms with van der Waals surface area (Å²) < 4.78 is 5.07. The number of nitrogens with zero attached hydrogens (tertiary/aromatic N) is 2. The number of methoxy groups -OCH3 is 1. The Labute approximate surface area is 104 Å². The number of hydrogen-bond donors (Lipinski definition) is 3. The lowest BCUT2D eigenvalue weighted by molar-refractivity contribution is 0.314. The van der Waals surface area contributed by atoms with Crippen molar-refractivity contribution in [1.29, 1.82) is 5.41 Å². The zero-order valence-electron chi connectivity index (χ0n) is 9.84. The van der Waals surface area contributed by atoms with Gasteiger partial charge < -0.3 is 15.8 Å². The Morgan fingerprint density at radius 3 is 2.89 bits per heavy atom. The summed E-state index contributed by atoms with van der Waals surface area (Å²) in [6.07, 6.45) is 10.0. The third-order valence-electron chi connectivity index (χ3n) is 2.37. The summed E-state index contributed by atoms with van der Waals surface area (Å²) in [5, 5.41) is 10.8. The summed E-state index contributed by atoms with van der Waals surface area (Å²) in [5.41, 5.74) is 6.63. The van der Waals surface area contributed by atoms with Gasteiger partial charge >= 0.3 is 0 Å². The SMILES string of the molecule is COC1=CC=C/C(=C/Nc2nccnc2N)C1=N. The normalized spacial score (nSPS) is 16.6. The predicted octanol–water partition coefficient (Wildman–Crippen LogP) is 1.47. The van der Waals surface area contributed by atoms with Gasteiger partial charge in [-0.3, -0.25) is 5.41 Å². The second-order valence-electron chi connectivity index (χ2n) is 3.50. The first-order chi connectivity index (χ1) is 8.72. The van der Waals surface area contributed by atoms with E-state index < -0.39 is 0 Å². The number of nitrogens with one attached hydrogen (secondary N) is 2. The van der Waals surface area contributed by atoms with Gasteiger partial charge in [0, 0.05) is 24.2 Å². The zero-order valence-corrected chi connectivity index (χ0v) is 9.84. The Balaban J connectivity index is 2.17. The Hall–Kier alpha value is -2.63. The van der Waals surface area contributed by atoms with Crippen LogP contribution in [0.5, 0.6) is 0 Å². The van der Waals surface area contributed by atoms with E-state index in [1.54, 1.807) is 24.5 Å². The van der Waals surface area contributed by atoms with E-state index in [1.165, 1.54) is 13.3 Å². The molecule has 92 valence electrons. The van der Waals surface area contributed by atoms with E-state index in [0.29, 0.717) is 28.7 Å². The van der Waals surface area contributed by atoms with E-state index in [4.69, 9.17) is 15.9 Å². The van der Waals surface area contributed by atoms with Crippen LogP contribution in [0.3, 0.4) is 0 Å². The summed E-state index contributed by atoms with van der Waals surface area (Å²) >= 11 is 0. The van der Waals surface area contributed by atoms with Crippen LogP contribution >= 0.6 is 0 Å². The number of rotatable bonds is 3. The Bertz CT molecular complexity index is 559. The van der Waals surface area contributed by atoms with Crippen molar-refractivity contribution in [3.8, 4) is 0 Å². The Morgan fingerprint density at radius 1 is 1.39 bits per heavy atom. The van der Waals surface area contributed by atoms with Crippen LogP contribution in [-0.2, 0) is 4.74 Å². The molecule has 1 aromatic heterocycles. The average molecular weight is 243 g/mol. The molecular formula is C12H13N5O. The molecule has 4 N–H and O–H groups in total. The molecule has 0 amide bonds. The van der Waals surface area contributed by atoms with Gasteiger partial charge in [-0.1, -0.05) is 12.2 Å². The number of nitrogens with two attached hydrogens (primary N) is 1. The fourth-order valence-electron chi connectivity index (χ4n) is 1.44. The molecule has 1 aliphatic carbocycles. The maximum atomic E-state index is 7.90. The smallest absolute Gasteiger partial charge is 0.172 e. The highest BCUT2D eigenvalue weighted by molar-refractivity contribution is 6.12. The molecule has 0 fully saturated rings. The van der Waals surface area contributed by atoms with Crippen LogP contribution in [0.25, 0.3) is 0 Å². The first kappa shape index (κ1) is 11.8. The van der Waals surface area contributed by atoms with Gasteiger partial charge in [0.15, 0.2) is 11.6 Å². The zero-order chi connectivity index (χ0) is 13.0. The maximum absolute atomic E-state index is 7.90. The molecule has 0 bridgehead atoms. The van der Waals surface area contributed by atoms with E-state index in [2.05, 4.69) is 15.3 Å². The number of ether oxygens (including phenoxy) is 1. The quantitative estimate of drug-likeness (QED) is 0.747. The molecular weight excluding hydrogens is 230 g/mol.